The van der Waals surface area contributed by atoms with E-state index in [9.17, 15) is 4.79 Å². The molecule has 0 spiro atoms. The van der Waals surface area contributed by atoms with E-state index in [-0.39, 0.29) is 11.2 Å². The van der Waals surface area contributed by atoms with Gasteiger partial charge in [-0.15, -0.1) is 0 Å². The summed E-state index contributed by atoms with van der Waals surface area (Å²) in [4.78, 5) is 13.1. The van der Waals surface area contributed by atoms with Crippen molar-refractivity contribution in [1.82, 2.24) is 0 Å². The second kappa shape index (κ2) is 5.08. The molecule has 0 aliphatic heterocycles. The zero-order chi connectivity index (χ0) is 17.0. The summed E-state index contributed by atoms with van der Waals surface area (Å²) in [6.45, 7) is 1.87. The Kier molecular flexibility index (Phi) is 2.86. The molecule has 5 aromatic rings. The lowest BCUT2D eigenvalue weighted by atomic mass is 9.96. The molecule has 0 N–H and O–H groups in total. The van der Waals surface area contributed by atoms with E-state index >= 15 is 0 Å². The molecule has 0 atom stereocenters. The molecule has 0 bridgehead atoms. The molecule has 0 fully saturated rings. The third kappa shape index (κ3) is 1.96. The molecule has 25 heavy (non-hydrogen) atoms. The van der Waals surface area contributed by atoms with Crippen LogP contribution in [0.2, 0.25) is 0 Å². The predicted octanol–water partition coefficient (Wildman–Crippen LogP) is 5.67. The highest BCUT2D eigenvalue weighted by molar-refractivity contribution is 6.06. The minimum absolute atomic E-state index is 0.0587. The van der Waals surface area contributed by atoms with Crippen molar-refractivity contribution in [3.8, 4) is 11.1 Å². The molecule has 0 aliphatic rings. The van der Waals surface area contributed by atoms with Gasteiger partial charge in [-0.25, -0.2) is 0 Å². The van der Waals surface area contributed by atoms with Crippen molar-refractivity contribution >= 4 is 32.9 Å². The first-order valence-corrected chi connectivity index (χ1v) is 8.17. The molecule has 2 heterocycles. The first-order valence-electron chi connectivity index (χ1n) is 8.17. The summed E-state index contributed by atoms with van der Waals surface area (Å²) >= 11 is 0. The Morgan fingerprint density at radius 1 is 0.760 bits per heavy atom. The molecule has 0 unspecified atom stereocenters. The SMILES string of the molecule is Cc1oc2oc3ccccc3c(=O)c2c1-c1cccc2ccccc12. The fraction of sp³-hybridized carbons (Fsp3) is 0.0455. The lowest BCUT2D eigenvalue weighted by Gasteiger charge is -2.06. The van der Waals surface area contributed by atoms with Crippen LogP contribution >= 0.6 is 0 Å². The lowest BCUT2D eigenvalue weighted by Crippen LogP contribution is -2.01. The molecular weight excluding hydrogens is 312 g/mol. The van der Waals surface area contributed by atoms with Crippen LogP contribution < -0.4 is 5.43 Å². The predicted molar refractivity (Wildman–Crippen MR) is 99.9 cm³/mol. The molecule has 0 saturated heterocycles. The summed E-state index contributed by atoms with van der Waals surface area (Å²) in [5.41, 5.74) is 2.28. The third-order valence-corrected chi connectivity index (χ3v) is 4.67. The fourth-order valence-corrected chi connectivity index (χ4v) is 3.54. The maximum absolute atomic E-state index is 13.1. The van der Waals surface area contributed by atoms with E-state index in [4.69, 9.17) is 8.83 Å². The highest BCUT2D eigenvalue weighted by Gasteiger charge is 2.21. The van der Waals surface area contributed by atoms with Gasteiger partial charge in [0.05, 0.1) is 5.39 Å². The van der Waals surface area contributed by atoms with Gasteiger partial charge in [0.25, 0.3) is 0 Å². The normalized spacial score (nSPS) is 11.6. The Morgan fingerprint density at radius 2 is 1.48 bits per heavy atom. The van der Waals surface area contributed by atoms with Gasteiger partial charge in [-0.3, -0.25) is 4.79 Å². The molecule has 120 valence electrons. The van der Waals surface area contributed by atoms with Crippen LogP contribution in [0.15, 0.2) is 80.4 Å². The van der Waals surface area contributed by atoms with Crippen LogP contribution in [0, 0.1) is 6.92 Å². The van der Waals surface area contributed by atoms with Crippen LogP contribution in [0.1, 0.15) is 5.76 Å². The van der Waals surface area contributed by atoms with E-state index in [0.717, 1.165) is 21.9 Å². The molecular formula is C22H14O3. The second-order valence-corrected chi connectivity index (χ2v) is 6.15. The second-order valence-electron chi connectivity index (χ2n) is 6.15. The smallest absolute Gasteiger partial charge is 0.302 e. The topological polar surface area (TPSA) is 43.4 Å². The standard InChI is InChI=1S/C22H14O3/c1-13-19(16-11-6-8-14-7-2-3-9-15(14)16)20-21(23)17-10-4-5-12-18(17)25-22(20)24-13/h2-12H,1H3. The van der Waals surface area contributed by atoms with E-state index in [2.05, 4.69) is 18.2 Å². The van der Waals surface area contributed by atoms with E-state index in [0.29, 0.717) is 22.1 Å². The van der Waals surface area contributed by atoms with Gasteiger partial charge in [0.1, 0.15) is 16.7 Å². The molecule has 3 aromatic carbocycles. The molecule has 0 aliphatic carbocycles. The van der Waals surface area contributed by atoms with Gasteiger partial charge in [-0.05, 0) is 35.4 Å². The minimum atomic E-state index is -0.0587. The highest BCUT2D eigenvalue weighted by atomic mass is 16.5. The number of aryl methyl sites for hydroxylation is 1. The van der Waals surface area contributed by atoms with Crippen LogP contribution in [0.3, 0.4) is 0 Å². The zero-order valence-corrected chi connectivity index (χ0v) is 13.6. The van der Waals surface area contributed by atoms with Gasteiger partial charge >= 0.3 is 5.78 Å². The number of fused-ring (bicyclic) bond motifs is 3. The average Bonchev–Trinajstić information content (AvgIpc) is 2.97. The number of rotatable bonds is 1. The first kappa shape index (κ1) is 14.1. The molecule has 5 rings (SSSR count). The minimum Gasteiger partial charge on any atom is -0.430 e. The summed E-state index contributed by atoms with van der Waals surface area (Å²) in [6, 6.07) is 21.5. The fourth-order valence-electron chi connectivity index (χ4n) is 3.54. The number of furan rings is 1. The quantitative estimate of drug-likeness (QED) is 0.399. The largest absolute Gasteiger partial charge is 0.430 e. The average molecular weight is 326 g/mol. The maximum atomic E-state index is 13.1. The summed E-state index contributed by atoms with van der Waals surface area (Å²) in [7, 11) is 0. The molecule has 3 heteroatoms. The van der Waals surface area contributed by atoms with Crippen molar-refractivity contribution in [2.24, 2.45) is 0 Å². The Balaban J connectivity index is 1.98. The van der Waals surface area contributed by atoms with Gasteiger partial charge in [0.2, 0.25) is 5.43 Å². The Morgan fingerprint density at radius 3 is 2.36 bits per heavy atom. The summed E-state index contributed by atoms with van der Waals surface area (Å²) in [5.74, 6) is 0.964. The van der Waals surface area contributed by atoms with Crippen molar-refractivity contribution in [3.63, 3.8) is 0 Å². The first-order chi connectivity index (χ1) is 12.2. The monoisotopic (exact) mass is 326 g/mol. The van der Waals surface area contributed by atoms with Gasteiger partial charge in [-0.2, -0.15) is 0 Å². The number of benzene rings is 3. The van der Waals surface area contributed by atoms with Crippen molar-refractivity contribution < 1.29 is 8.83 Å². The van der Waals surface area contributed by atoms with E-state index in [1.807, 2.05) is 43.3 Å². The Hall–Kier alpha value is -3.33. The van der Waals surface area contributed by atoms with Crippen LogP contribution in [0.5, 0.6) is 0 Å². The number of para-hydroxylation sites is 1. The number of hydrogen-bond acceptors (Lipinski definition) is 3. The summed E-state index contributed by atoms with van der Waals surface area (Å²) in [5, 5.41) is 3.28. The van der Waals surface area contributed by atoms with Crippen LogP contribution in [-0.4, -0.2) is 0 Å². The molecule has 2 aromatic heterocycles. The highest BCUT2D eigenvalue weighted by Crippen LogP contribution is 2.37. The van der Waals surface area contributed by atoms with E-state index < -0.39 is 0 Å². The number of hydrogen-bond donors (Lipinski definition) is 0. The van der Waals surface area contributed by atoms with Gasteiger partial charge < -0.3 is 8.83 Å². The van der Waals surface area contributed by atoms with Crippen molar-refractivity contribution in [1.29, 1.82) is 0 Å². The van der Waals surface area contributed by atoms with Crippen molar-refractivity contribution in [2.75, 3.05) is 0 Å². The molecule has 3 nitrogen and oxygen atoms in total. The zero-order valence-electron chi connectivity index (χ0n) is 13.6. The van der Waals surface area contributed by atoms with E-state index in [1.54, 1.807) is 12.1 Å². The van der Waals surface area contributed by atoms with Gasteiger partial charge in [0.15, 0.2) is 0 Å². The molecule has 0 saturated carbocycles. The van der Waals surface area contributed by atoms with Crippen molar-refractivity contribution in [2.45, 2.75) is 6.92 Å². The summed E-state index contributed by atoms with van der Waals surface area (Å²) in [6.07, 6.45) is 0. The molecule has 0 amide bonds. The van der Waals surface area contributed by atoms with Crippen LogP contribution in [0.4, 0.5) is 0 Å². The Labute approximate surface area is 143 Å². The van der Waals surface area contributed by atoms with Crippen LogP contribution in [0.25, 0.3) is 44.0 Å². The summed E-state index contributed by atoms with van der Waals surface area (Å²) < 4.78 is 11.7. The Bertz CT molecular complexity index is 1320. The van der Waals surface area contributed by atoms with Crippen molar-refractivity contribution in [3.05, 3.63) is 82.7 Å². The molecule has 0 radical (unpaired) electrons. The van der Waals surface area contributed by atoms with Crippen LogP contribution in [-0.2, 0) is 0 Å². The van der Waals surface area contributed by atoms with Gasteiger partial charge in [-0.1, -0.05) is 54.6 Å². The maximum Gasteiger partial charge on any atom is 0.302 e. The van der Waals surface area contributed by atoms with E-state index in [1.165, 1.54) is 0 Å². The van der Waals surface area contributed by atoms with Gasteiger partial charge in [0, 0.05) is 5.56 Å². The lowest BCUT2D eigenvalue weighted by molar-refractivity contribution is 0.477. The third-order valence-electron chi connectivity index (χ3n) is 4.67.